The van der Waals surface area contributed by atoms with Gasteiger partial charge in [0, 0.05) is 13.1 Å². The summed E-state index contributed by atoms with van der Waals surface area (Å²) in [7, 11) is -4.96. The average molecular weight is 783 g/mol. The second-order valence-corrected chi connectivity index (χ2v) is 14.3. The van der Waals surface area contributed by atoms with Crippen LogP contribution >= 0.6 is 39.0 Å². The van der Waals surface area contributed by atoms with E-state index < -0.39 is 89.1 Å². The summed E-state index contributed by atoms with van der Waals surface area (Å²) >= 11 is 7.31. The van der Waals surface area contributed by atoms with Crippen LogP contribution in [-0.2, 0) is 27.7 Å². The van der Waals surface area contributed by atoms with Crippen LogP contribution in [0.4, 0.5) is 20.4 Å². The van der Waals surface area contributed by atoms with Crippen LogP contribution in [0.25, 0.3) is 22.3 Å². The highest BCUT2D eigenvalue weighted by Crippen LogP contribution is 2.42. The van der Waals surface area contributed by atoms with E-state index in [-0.39, 0.29) is 47.1 Å². The van der Waals surface area contributed by atoms with Gasteiger partial charge in [0.2, 0.25) is 0 Å². The number of hydrogen-bond donors (Lipinski definition) is 8. The quantitative estimate of drug-likeness (QED) is 0.0607. The first-order valence-electron chi connectivity index (χ1n) is 14.7. The molecule has 20 nitrogen and oxygen atoms in total. The molecule has 2 aliphatic heterocycles. The number of nitrogens with zero attached hydrogens (tertiary/aromatic N) is 8. The molecule has 4 aromatic rings. The maximum atomic E-state index is 15.3. The molecular weight excluding hydrogens is 752 g/mol. The smallest absolute Gasteiger partial charge is 0.394 e. The predicted octanol–water partition coefficient (Wildman–Crippen LogP) is 0.612. The predicted molar refractivity (Wildman–Crippen MR) is 174 cm³/mol. The lowest BCUT2D eigenvalue weighted by atomic mass is 10.1. The molecule has 6 rings (SSSR count). The van der Waals surface area contributed by atoms with E-state index in [1.807, 2.05) is 0 Å². The van der Waals surface area contributed by atoms with Crippen LogP contribution in [-0.4, -0.2) is 135 Å². The molecule has 50 heavy (non-hydrogen) atoms. The SMILES string of the molecule is O=[P+](S)O[C@@H]1[C@@H](CO)OC(n2cnc3c(NC[C@H](O)[C@@H](O)CNc4ncnc5c4ncn5[C@@H]4OC(CO)[C@@H](O[P+](=O)S)[C@H]4F)ncnc32)[C@@H]1F. The number of imidazole rings is 2. The second kappa shape index (κ2) is 15.8. The van der Waals surface area contributed by atoms with Gasteiger partial charge in [-0.05, 0) is 9.13 Å². The molecule has 4 unspecified atom stereocenters. The number of fused-ring (bicyclic) bond motifs is 2. The topological polar surface area (TPSA) is 263 Å². The summed E-state index contributed by atoms with van der Waals surface area (Å²) in [6.45, 7) is -1.65. The van der Waals surface area contributed by atoms with Crippen LogP contribution in [0.15, 0.2) is 25.3 Å². The lowest BCUT2D eigenvalue weighted by molar-refractivity contribution is -0.0427. The van der Waals surface area contributed by atoms with Crippen molar-refractivity contribution in [1.82, 2.24) is 39.0 Å². The number of aromatic nitrogens is 8. The Labute approximate surface area is 292 Å². The molecule has 0 bridgehead atoms. The highest BCUT2D eigenvalue weighted by atomic mass is 32.7. The van der Waals surface area contributed by atoms with Crippen molar-refractivity contribution in [3.05, 3.63) is 25.3 Å². The Morgan fingerprint density at radius 3 is 1.52 bits per heavy atom. The summed E-state index contributed by atoms with van der Waals surface area (Å²) in [6.07, 6.45) is -9.25. The second-order valence-electron chi connectivity index (χ2n) is 11.0. The van der Waals surface area contributed by atoms with E-state index in [0.717, 1.165) is 12.7 Å². The molecule has 0 spiro atoms. The number of anilines is 2. The molecule has 6 heterocycles. The molecule has 0 aliphatic carbocycles. The fourth-order valence-electron chi connectivity index (χ4n) is 5.60. The Hall–Kier alpha value is -2.86. The third-order valence-corrected chi connectivity index (χ3v) is 9.40. The van der Waals surface area contributed by atoms with Crippen molar-refractivity contribution < 1.29 is 56.9 Å². The van der Waals surface area contributed by atoms with Crippen LogP contribution in [0, 0.1) is 0 Å². The molecule has 2 saturated heterocycles. The van der Waals surface area contributed by atoms with Crippen molar-refractivity contribution in [3.8, 4) is 0 Å². The third-order valence-electron chi connectivity index (χ3n) is 7.98. The molecule has 270 valence electrons. The van der Waals surface area contributed by atoms with Crippen LogP contribution < -0.4 is 10.6 Å². The highest BCUT2D eigenvalue weighted by Gasteiger charge is 2.52. The summed E-state index contributed by atoms with van der Waals surface area (Å²) in [4.78, 5) is 25.0. The maximum Gasteiger partial charge on any atom is 0.582 e. The van der Waals surface area contributed by atoms with Gasteiger partial charge in [0.15, 0.2) is 71.0 Å². The molecule has 0 amide bonds. The lowest BCUT2D eigenvalue weighted by Crippen LogP contribution is -2.37. The first-order chi connectivity index (χ1) is 24.0. The minimum absolute atomic E-state index is 0.140. The van der Waals surface area contributed by atoms with Crippen molar-refractivity contribution >= 4 is 72.9 Å². The van der Waals surface area contributed by atoms with Crippen molar-refractivity contribution in [2.45, 2.75) is 61.4 Å². The monoisotopic (exact) mass is 782 g/mol. The minimum Gasteiger partial charge on any atom is -0.394 e. The van der Waals surface area contributed by atoms with E-state index in [9.17, 15) is 29.6 Å². The summed E-state index contributed by atoms with van der Waals surface area (Å²) in [5, 5.41) is 46.3. The zero-order chi connectivity index (χ0) is 35.7. The number of aliphatic hydroxyl groups is 4. The Morgan fingerprint density at radius 2 is 1.16 bits per heavy atom. The van der Waals surface area contributed by atoms with Crippen molar-refractivity contribution in [2.24, 2.45) is 0 Å². The summed E-state index contributed by atoms with van der Waals surface area (Å²) in [6, 6.07) is 0. The van der Waals surface area contributed by atoms with Crippen LogP contribution in [0.1, 0.15) is 12.5 Å². The standard InChI is InChI=1S/C24H28F2N10O10P2S2/c25-13-17(45-47(41)49)11(3-37)43-23(13)35-7-33-15-19(29-5-31-21(15)35)27-1-9(39)10(40)2-28-20-16-22(32-6-30-20)36(8-34-16)24-14(26)18(46-48(42)50)12(4-38)44-24/h5-14,17-18,23-24,37-40H,1-4H2,(H2-2,27,28,29,30,31,32,41,42,49,50)/p+2/t9-,10-,11+,12?,13+,14+,17+,18+,23?,24+/m0/s1. The van der Waals surface area contributed by atoms with Crippen LogP contribution in [0.2, 0.25) is 0 Å². The number of rotatable bonds is 15. The molecular formula is C24H30F2N10O10P2S2+2. The zero-order valence-corrected chi connectivity index (χ0v) is 28.8. The summed E-state index contributed by atoms with van der Waals surface area (Å²) in [5.74, 6) is 0.291. The van der Waals surface area contributed by atoms with Gasteiger partial charge < -0.3 is 40.5 Å². The van der Waals surface area contributed by atoms with Gasteiger partial charge in [-0.25, -0.2) is 38.7 Å². The number of ether oxygens (including phenoxy) is 2. The first-order valence-corrected chi connectivity index (χ1v) is 19.3. The summed E-state index contributed by atoms with van der Waals surface area (Å²) in [5.41, 5.74) is 0.634. The molecule has 12 atom stereocenters. The van der Waals surface area contributed by atoms with Crippen LogP contribution in [0.3, 0.4) is 0 Å². The minimum atomic E-state index is -2.48. The van der Waals surface area contributed by atoms with E-state index in [4.69, 9.17) is 18.5 Å². The molecule has 26 heteroatoms. The van der Waals surface area contributed by atoms with Gasteiger partial charge in [0.1, 0.15) is 49.4 Å². The Bertz CT molecular complexity index is 1720. The Balaban J connectivity index is 1.09. The van der Waals surface area contributed by atoms with Gasteiger partial charge in [-0.1, -0.05) is 0 Å². The zero-order valence-electron chi connectivity index (χ0n) is 25.3. The molecule has 2 aliphatic rings. The van der Waals surface area contributed by atoms with E-state index in [2.05, 4.69) is 65.0 Å². The van der Waals surface area contributed by atoms with Gasteiger partial charge >= 0.3 is 14.5 Å². The van der Waals surface area contributed by atoms with Gasteiger partial charge in [-0.3, -0.25) is 9.13 Å². The fourth-order valence-corrected chi connectivity index (χ4v) is 7.17. The van der Waals surface area contributed by atoms with E-state index in [0.29, 0.717) is 0 Å². The van der Waals surface area contributed by atoms with Crippen molar-refractivity contribution in [3.63, 3.8) is 0 Å². The molecule has 6 N–H and O–H groups in total. The van der Waals surface area contributed by atoms with E-state index >= 15 is 8.78 Å². The van der Waals surface area contributed by atoms with E-state index in [1.165, 1.54) is 21.8 Å². The number of halogens is 2. The number of thiol groups is 2. The fraction of sp³-hybridized carbons (Fsp3) is 0.583. The lowest BCUT2D eigenvalue weighted by Gasteiger charge is -2.19. The molecule has 2 fully saturated rings. The third kappa shape index (κ3) is 7.38. The molecule has 4 aromatic heterocycles. The molecule has 0 radical (unpaired) electrons. The Morgan fingerprint density at radius 1 is 0.760 bits per heavy atom. The number of nitrogens with one attached hydrogen (secondary N) is 2. The van der Waals surface area contributed by atoms with Gasteiger partial charge in [-0.2, -0.15) is 0 Å². The molecule has 0 saturated carbocycles. The van der Waals surface area contributed by atoms with Crippen molar-refractivity contribution in [2.75, 3.05) is 36.9 Å². The first kappa shape index (κ1) is 36.9. The van der Waals surface area contributed by atoms with Gasteiger partial charge in [0.05, 0.1) is 38.1 Å². The van der Waals surface area contributed by atoms with E-state index in [1.54, 1.807) is 0 Å². The maximum absolute atomic E-state index is 15.3. The summed E-state index contributed by atoms with van der Waals surface area (Å²) < 4.78 is 77.2. The van der Waals surface area contributed by atoms with Gasteiger partial charge in [0.25, 0.3) is 0 Å². The highest BCUT2D eigenvalue weighted by molar-refractivity contribution is 8.39. The number of hydrogen-bond acceptors (Lipinski definition) is 18. The number of aliphatic hydroxyl groups excluding tert-OH is 4. The average Bonchev–Trinajstić information content (AvgIpc) is 3.86. The molecule has 0 aromatic carbocycles. The normalized spacial score (nSPS) is 28.6. The Kier molecular flexibility index (Phi) is 11.7. The number of alkyl halides is 2. The van der Waals surface area contributed by atoms with Gasteiger partial charge in [-0.15, -0.1) is 9.05 Å². The van der Waals surface area contributed by atoms with Crippen molar-refractivity contribution in [1.29, 1.82) is 0 Å². The largest absolute Gasteiger partial charge is 0.582 e. The van der Waals surface area contributed by atoms with Crippen LogP contribution in [0.5, 0.6) is 0 Å².